The van der Waals surface area contributed by atoms with Crippen molar-refractivity contribution in [2.75, 3.05) is 13.2 Å². The molecule has 1 amide bonds. The van der Waals surface area contributed by atoms with Crippen molar-refractivity contribution in [3.8, 4) is 0 Å². The number of ether oxygens (including phenoxy) is 1. The molecule has 0 aromatic heterocycles. The molecular weight excluding hydrogens is 236 g/mol. The number of carboxylic acid groups (broad SMARTS) is 1. The van der Waals surface area contributed by atoms with E-state index in [2.05, 4.69) is 5.32 Å². The fourth-order valence-corrected chi connectivity index (χ4v) is 2.72. The highest BCUT2D eigenvalue weighted by molar-refractivity contribution is 5.88. The van der Waals surface area contributed by atoms with Crippen LogP contribution in [-0.2, 0) is 14.3 Å². The minimum atomic E-state index is -0.998. The van der Waals surface area contributed by atoms with Crippen LogP contribution >= 0.6 is 0 Å². The van der Waals surface area contributed by atoms with Crippen molar-refractivity contribution in [1.29, 1.82) is 0 Å². The van der Waals surface area contributed by atoms with E-state index in [9.17, 15) is 14.7 Å². The number of hydrogen-bond donors (Lipinski definition) is 3. The lowest BCUT2D eigenvalue weighted by Crippen LogP contribution is -2.59. The van der Waals surface area contributed by atoms with Crippen LogP contribution in [0.1, 0.15) is 32.6 Å². The van der Waals surface area contributed by atoms with Gasteiger partial charge in [0.15, 0.2) is 0 Å². The first-order chi connectivity index (χ1) is 8.38. The number of rotatable bonds is 3. The maximum atomic E-state index is 12.1. The summed E-state index contributed by atoms with van der Waals surface area (Å²) in [5.74, 6) is -1.15. The Morgan fingerprint density at radius 2 is 2.17 bits per heavy atom. The van der Waals surface area contributed by atoms with E-state index < -0.39 is 16.9 Å². The van der Waals surface area contributed by atoms with E-state index in [1.165, 1.54) is 0 Å². The fraction of sp³-hybridized carbons (Fsp3) is 0.833. The van der Waals surface area contributed by atoms with E-state index in [1.54, 1.807) is 6.92 Å². The van der Waals surface area contributed by atoms with E-state index in [0.717, 1.165) is 6.42 Å². The van der Waals surface area contributed by atoms with Crippen molar-refractivity contribution in [3.05, 3.63) is 0 Å². The van der Waals surface area contributed by atoms with Crippen LogP contribution in [0.25, 0.3) is 0 Å². The summed E-state index contributed by atoms with van der Waals surface area (Å²) in [5.41, 5.74) is 4.08. The molecule has 1 aliphatic carbocycles. The smallest absolute Gasteiger partial charge is 0.311 e. The summed E-state index contributed by atoms with van der Waals surface area (Å²) >= 11 is 0. The summed E-state index contributed by atoms with van der Waals surface area (Å²) < 4.78 is 5.14. The molecule has 0 aromatic rings. The molecule has 0 aromatic carbocycles. The van der Waals surface area contributed by atoms with E-state index in [-0.39, 0.29) is 18.6 Å². The van der Waals surface area contributed by atoms with Crippen LogP contribution in [0, 0.1) is 5.41 Å². The Kier molecular flexibility index (Phi) is 3.33. The molecule has 1 saturated carbocycles. The second kappa shape index (κ2) is 4.51. The Balaban J connectivity index is 2.05. The molecule has 3 atom stereocenters. The van der Waals surface area contributed by atoms with Crippen molar-refractivity contribution in [3.63, 3.8) is 0 Å². The molecule has 0 spiro atoms. The zero-order valence-corrected chi connectivity index (χ0v) is 10.6. The van der Waals surface area contributed by atoms with Crippen LogP contribution in [0.2, 0.25) is 0 Å². The lowest BCUT2D eigenvalue weighted by Gasteiger charge is -2.31. The molecule has 6 heteroatoms. The number of carbonyl (C=O) groups is 2. The zero-order valence-electron chi connectivity index (χ0n) is 10.6. The highest BCUT2D eigenvalue weighted by atomic mass is 16.5. The minimum Gasteiger partial charge on any atom is -0.481 e. The van der Waals surface area contributed by atoms with Crippen molar-refractivity contribution < 1.29 is 19.4 Å². The van der Waals surface area contributed by atoms with Gasteiger partial charge in [0.1, 0.15) is 5.54 Å². The van der Waals surface area contributed by atoms with Crippen molar-refractivity contribution in [2.24, 2.45) is 11.1 Å². The molecule has 2 aliphatic rings. The van der Waals surface area contributed by atoms with Gasteiger partial charge in [-0.25, -0.2) is 0 Å². The van der Waals surface area contributed by atoms with Crippen LogP contribution in [0.3, 0.4) is 0 Å². The fourth-order valence-electron chi connectivity index (χ4n) is 2.72. The predicted molar refractivity (Wildman–Crippen MR) is 63.9 cm³/mol. The number of nitrogens with one attached hydrogen (secondary N) is 1. The summed E-state index contributed by atoms with van der Waals surface area (Å²) in [6.07, 6.45) is 2.56. The quantitative estimate of drug-likeness (QED) is 0.652. The number of nitrogens with two attached hydrogens (primary N) is 1. The first-order valence-electron chi connectivity index (χ1n) is 6.29. The van der Waals surface area contributed by atoms with Crippen LogP contribution in [0.4, 0.5) is 0 Å². The topological polar surface area (TPSA) is 102 Å². The average Bonchev–Trinajstić information content (AvgIpc) is 2.88. The summed E-state index contributed by atoms with van der Waals surface area (Å²) in [7, 11) is 0. The van der Waals surface area contributed by atoms with Gasteiger partial charge in [0.2, 0.25) is 5.91 Å². The molecule has 2 fully saturated rings. The van der Waals surface area contributed by atoms with E-state index >= 15 is 0 Å². The predicted octanol–water partition coefficient (Wildman–Crippen LogP) is -0.136. The minimum absolute atomic E-state index is 0.204. The van der Waals surface area contributed by atoms with Crippen molar-refractivity contribution in [1.82, 2.24) is 5.32 Å². The van der Waals surface area contributed by atoms with Gasteiger partial charge in [0.05, 0.1) is 12.0 Å². The number of carboxylic acids is 1. The van der Waals surface area contributed by atoms with E-state index in [1.807, 2.05) is 0 Å². The molecule has 1 heterocycles. The molecule has 0 bridgehead atoms. The number of amides is 1. The largest absolute Gasteiger partial charge is 0.481 e. The van der Waals surface area contributed by atoms with E-state index in [4.69, 9.17) is 10.5 Å². The summed E-state index contributed by atoms with van der Waals surface area (Å²) in [5, 5.41) is 12.1. The van der Waals surface area contributed by atoms with Gasteiger partial charge in [0, 0.05) is 12.6 Å². The van der Waals surface area contributed by atoms with Gasteiger partial charge in [-0.05, 0) is 26.2 Å². The van der Waals surface area contributed by atoms with Crippen molar-refractivity contribution in [2.45, 2.75) is 44.2 Å². The Labute approximate surface area is 106 Å². The van der Waals surface area contributed by atoms with Gasteiger partial charge in [-0.1, -0.05) is 6.42 Å². The maximum Gasteiger partial charge on any atom is 0.311 e. The van der Waals surface area contributed by atoms with Gasteiger partial charge in [-0.2, -0.15) is 0 Å². The Morgan fingerprint density at radius 3 is 2.72 bits per heavy atom. The monoisotopic (exact) mass is 256 g/mol. The summed E-state index contributed by atoms with van der Waals surface area (Å²) in [6, 6.07) is -0.344. The summed E-state index contributed by atoms with van der Waals surface area (Å²) in [4.78, 5) is 23.4. The SMILES string of the molecule is CC1(C(=O)O)CCCC1NC(=O)C1(N)CCOC1. The summed E-state index contributed by atoms with van der Waals surface area (Å²) in [6.45, 7) is 2.36. The molecule has 1 saturated heterocycles. The normalized spacial score (nSPS) is 39.8. The van der Waals surface area contributed by atoms with Gasteiger partial charge in [0.25, 0.3) is 0 Å². The third kappa shape index (κ3) is 2.10. The number of aliphatic carboxylic acids is 1. The molecule has 0 radical (unpaired) electrons. The first kappa shape index (κ1) is 13.3. The highest BCUT2D eigenvalue weighted by Crippen LogP contribution is 2.38. The van der Waals surface area contributed by atoms with Gasteiger partial charge < -0.3 is 20.9 Å². The van der Waals surface area contributed by atoms with Crippen LogP contribution in [-0.4, -0.2) is 41.8 Å². The third-order valence-corrected chi connectivity index (χ3v) is 4.26. The lowest BCUT2D eigenvalue weighted by atomic mass is 9.84. The van der Waals surface area contributed by atoms with E-state index in [0.29, 0.717) is 25.9 Å². The third-order valence-electron chi connectivity index (χ3n) is 4.26. The Morgan fingerprint density at radius 1 is 1.44 bits per heavy atom. The lowest BCUT2D eigenvalue weighted by molar-refractivity contribution is -0.149. The average molecular weight is 256 g/mol. The second-order valence-corrected chi connectivity index (χ2v) is 5.60. The zero-order chi connectivity index (χ0) is 13.4. The molecule has 4 N–H and O–H groups in total. The molecular formula is C12H20N2O4. The molecule has 6 nitrogen and oxygen atoms in total. The van der Waals surface area contributed by atoms with Crippen LogP contribution < -0.4 is 11.1 Å². The Hall–Kier alpha value is -1.14. The van der Waals surface area contributed by atoms with Crippen molar-refractivity contribution >= 4 is 11.9 Å². The van der Waals surface area contributed by atoms with Gasteiger partial charge >= 0.3 is 5.97 Å². The number of carbonyl (C=O) groups excluding carboxylic acids is 1. The molecule has 2 rings (SSSR count). The molecule has 102 valence electrons. The maximum absolute atomic E-state index is 12.1. The van der Waals surface area contributed by atoms with Crippen LogP contribution in [0.5, 0.6) is 0 Å². The standard InChI is InChI=1S/C12H20N2O4/c1-11(10(16)17)4-2-3-8(11)14-9(15)12(13)5-6-18-7-12/h8H,2-7,13H2,1H3,(H,14,15)(H,16,17). The van der Waals surface area contributed by atoms with Gasteiger partial charge in [-0.15, -0.1) is 0 Å². The molecule has 18 heavy (non-hydrogen) atoms. The second-order valence-electron chi connectivity index (χ2n) is 5.60. The molecule has 1 aliphatic heterocycles. The van der Waals surface area contributed by atoms with Crippen LogP contribution in [0.15, 0.2) is 0 Å². The molecule has 3 unspecified atom stereocenters. The first-order valence-corrected chi connectivity index (χ1v) is 6.29. The number of hydrogen-bond acceptors (Lipinski definition) is 4. The highest BCUT2D eigenvalue weighted by Gasteiger charge is 2.48. The Bertz CT molecular complexity index is 365. The van der Waals surface area contributed by atoms with Gasteiger partial charge in [-0.3, -0.25) is 9.59 Å².